The number of benzene rings is 2. The first-order valence-electron chi connectivity index (χ1n) is 10.6. The molecule has 1 N–H and O–H groups in total. The van der Waals surface area contributed by atoms with Crippen molar-refractivity contribution in [2.75, 3.05) is 26.2 Å². The lowest BCUT2D eigenvalue weighted by Crippen LogP contribution is -2.38. The lowest BCUT2D eigenvalue weighted by Gasteiger charge is -2.25. The second kappa shape index (κ2) is 10.6. The van der Waals surface area contributed by atoms with Gasteiger partial charge in [0.15, 0.2) is 6.10 Å². The van der Waals surface area contributed by atoms with Crippen molar-refractivity contribution < 1.29 is 22.7 Å². The number of carbonyl (C=O) groups excluding carboxylic acids is 1. The molecule has 8 heteroatoms. The van der Waals surface area contributed by atoms with Gasteiger partial charge in [-0.3, -0.25) is 4.79 Å². The van der Waals surface area contributed by atoms with Crippen LogP contribution in [0.5, 0.6) is 11.5 Å². The summed E-state index contributed by atoms with van der Waals surface area (Å²) in [7, 11) is -3.45. The van der Waals surface area contributed by atoms with E-state index in [1.807, 2.05) is 31.2 Å². The molecule has 0 spiro atoms. The third kappa shape index (κ3) is 6.45. The maximum Gasteiger partial charge on any atom is 0.260 e. The zero-order chi connectivity index (χ0) is 22.3. The summed E-state index contributed by atoms with van der Waals surface area (Å²) in [5, 5.41) is 2.77. The molecule has 168 valence electrons. The van der Waals surface area contributed by atoms with Gasteiger partial charge in [0, 0.05) is 13.1 Å². The SMILES string of the molecule is Cc1cccc(OC(C)C(=O)NCCOc2ccc(S(=O)(=O)N3CCCCC3)cc2)c1. The molecule has 2 aromatic rings. The van der Waals surface area contributed by atoms with E-state index in [-0.39, 0.29) is 17.4 Å². The van der Waals surface area contributed by atoms with Crippen LogP contribution in [-0.2, 0) is 14.8 Å². The molecule has 3 rings (SSSR count). The summed E-state index contributed by atoms with van der Waals surface area (Å²) >= 11 is 0. The zero-order valence-corrected chi connectivity index (χ0v) is 18.9. The number of nitrogens with zero attached hydrogens (tertiary/aromatic N) is 1. The molecule has 1 amide bonds. The predicted molar refractivity (Wildman–Crippen MR) is 119 cm³/mol. The number of rotatable bonds is 9. The molecule has 0 saturated carbocycles. The topological polar surface area (TPSA) is 84.9 Å². The molecule has 1 aliphatic rings. The molecular weight excluding hydrogens is 416 g/mol. The highest BCUT2D eigenvalue weighted by atomic mass is 32.2. The van der Waals surface area contributed by atoms with Crippen LogP contribution < -0.4 is 14.8 Å². The second-order valence-electron chi connectivity index (χ2n) is 7.65. The maximum absolute atomic E-state index is 12.7. The first-order chi connectivity index (χ1) is 14.9. The van der Waals surface area contributed by atoms with Gasteiger partial charge in [0.1, 0.15) is 18.1 Å². The molecule has 1 fully saturated rings. The van der Waals surface area contributed by atoms with Crippen LogP contribution >= 0.6 is 0 Å². The van der Waals surface area contributed by atoms with E-state index in [0.717, 1.165) is 24.8 Å². The van der Waals surface area contributed by atoms with Gasteiger partial charge in [-0.25, -0.2) is 8.42 Å². The van der Waals surface area contributed by atoms with E-state index < -0.39 is 16.1 Å². The Bertz CT molecular complexity index is 970. The van der Waals surface area contributed by atoms with E-state index in [1.165, 1.54) is 0 Å². The highest BCUT2D eigenvalue weighted by Crippen LogP contribution is 2.22. The molecule has 0 radical (unpaired) electrons. The average molecular weight is 447 g/mol. The molecule has 0 aliphatic carbocycles. The van der Waals surface area contributed by atoms with Crippen molar-refractivity contribution in [3.05, 3.63) is 54.1 Å². The van der Waals surface area contributed by atoms with Crippen molar-refractivity contribution in [3.63, 3.8) is 0 Å². The predicted octanol–water partition coefficient (Wildman–Crippen LogP) is 3.13. The van der Waals surface area contributed by atoms with Crippen molar-refractivity contribution in [3.8, 4) is 11.5 Å². The summed E-state index contributed by atoms with van der Waals surface area (Å²) in [5.41, 5.74) is 1.06. The van der Waals surface area contributed by atoms with E-state index >= 15 is 0 Å². The highest BCUT2D eigenvalue weighted by molar-refractivity contribution is 7.89. The van der Waals surface area contributed by atoms with Gasteiger partial charge >= 0.3 is 0 Å². The zero-order valence-electron chi connectivity index (χ0n) is 18.0. The van der Waals surface area contributed by atoms with E-state index in [0.29, 0.717) is 31.1 Å². The van der Waals surface area contributed by atoms with Crippen LogP contribution in [0.1, 0.15) is 31.7 Å². The van der Waals surface area contributed by atoms with Gasteiger partial charge in [0.2, 0.25) is 10.0 Å². The molecule has 0 aromatic heterocycles. The molecule has 7 nitrogen and oxygen atoms in total. The summed E-state index contributed by atoms with van der Waals surface area (Å²) in [6.07, 6.45) is 2.26. The van der Waals surface area contributed by atoms with Gasteiger partial charge in [0.05, 0.1) is 11.4 Å². The monoisotopic (exact) mass is 446 g/mol. The summed E-state index contributed by atoms with van der Waals surface area (Å²) in [6.45, 7) is 5.39. The van der Waals surface area contributed by atoms with Crippen LogP contribution in [0.3, 0.4) is 0 Å². The summed E-state index contributed by atoms with van der Waals surface area (Å²) < 4.78 is 38.2. The van der Waals surface area contributed by atoms with Crippen molar-refractivity contribution in [2.45, 2.75) is 44.1 Å². The molecular formula is C23H30N2O5S. The van der Waals surface area contributed by atoms with Gasteiger partial charge in [0.25, 0.3) is 5.91 Å². The van der Waals surface area contributed by atoms with E-state index in [1.54, 1.807) is 35.5 Å². The standard InChI is InChI=1S/C23H30N2O5S/c1-18-7-6-8-21(17-18)30-19(2)23(26)24-13-16-29-20-9-11-22(12-10-20)31(27,28)25-14-4-3-5-15-25/h6-12,17,19H,3-5,13-16H2,1-2H3,(H,24,26). The first kappa shape index (κ1) is 23.1. The number of piperidine rings is 1. The fourth-order valence-electron chi connectivity index (χ4n) is 3.40. The number of sulfonamides is 1. The summed E-state index contributed by atoms with van der Waals surface area (Å²) in [4.78, 5) is 12.5. The molecule has 1 aliphatic heterocycles. The summed E-state index contributed by atoms with van der Waals surface area (Å²) in [6, 6.07) is 13.9. The smallest absolute Gasteiger partial charge is 0.260 e. The van der Waals surface area contributed by atoms with E-state index in [4.69, 9.17) is 9.47 Å². The lowest BCUT2D eigenvalue weighted by molar-refractivity contribution is -0.127. The Balaban J connectivity index is 1.42. The molecule has 1 saturated heterocycles. The number of hydrogen-bond donors (Lipinski definition) is 1. The number of hydrogen-bond acceptors (Lipinski definition) is 5. The van der Waals surface area contributed by atoms with Crippen molar-refractivity contribution in [1.29, 1.82) is 0 Å². The Morgan fingerprint density at radius 1 is 1.06 bits per heavy atom. The van der Waals surface area contributed by atoms with Gasteiger partial charge in [-0.2, -0.15) is 4.31 Å². The minimum absolute atomic E-state index is 0.229. The van der Waals surface area contributed by atoms with Crippen LogP contribution in [-0.4, -0.2) is 51.0 Å². The van der Waals surface area contributed by atoms with Crippen LogP contribution in [0.25, 0.3) is 0 Å². The quantitative estimate of drug-likeness (QED) is 0.598. The van der Waals surface area contributed by atoms with Crippen molar-refractivity contribution in [2.24, 2.45) is 0 Å². The minimum Gasteiger partial charge on any atom is -0.492 e. The Hall–Kier alpha value is -2.58. The van der Waals surface area contributed by atoms with Crippen LogP contribution in [0.2, 0.25) is 0 Å². The first-order valence-corrected chi connectivity index (χ1v) is 12.0. The summed E-state index contributed by atoms with van der Waals surface area (Å²) in [5.74, 6) is 0.975. The normalized spacial score (nSPS) is 15.8. The number of aryl methyl sites for hydroxylation is 1. The maximum atomic E-state index is 12.7. The molecule has 1 unspecified atom stereocenters. The fraction of sp³-hybridized carbons (Fsp3) is 0.435. The number of ether oxygens (including phenoxy) is 2. The van der Waals surface area contributed by atoms with Crippen molar-refractivity contribution in [1.82, 2.24) is 9.62 Å². The Morgan fingerprint density at radius 3 is 2.45 bits per heavy atom. The average Bonchev–Trinajstić information content (AvgIpc) is 2.77. The van der Waals surface area contributed by atoms with E-state index in [9.17, 15) is 13.2 Å². The Labute approximate surface area is 184 Å². The van der Waals surface area contributed by atoms with Gasteiger partial charge in [-0.1, -0.05) is 18.6 Å². The van der Waals surface area contributed by atoms with E-state index in [2.05, 4.69) is 5.32 Å². The van der Waals surface area contributed by atoms with Gasteiger partial charge in [-0.05, 0) is 68.7 Å². The Kier molecular flexibility index (Phi) is 7.92. The van der Waals surface area contributed by atoms with Crippen LogP contribution in [0.4, 0.5) is 0 Å². The number of amides is 1. The fourth-order valence-corrected chi connectivity index (χ4v) is 4.91. The molecule has 1 atom stereocenters. The van der Waals surface area contributed by atoms with Crippen molar-refractivity contribution >= 4 is 15.9 Å². The van der Waals surface area contributed by atoms with Gasteiger partial charge < -0.3 is 14.8 Å². The van der Waals surface area contributed by atoms with Gasteiger partial charge in [-0.15, -0.1) is 0 Å². The molecule has 2 aromatic carbocycles. The molecule has 1 heterocycles. The lowest BCUT2D eigenvalue weighted by atomic mass is 10.2. The minimum atomic E-state index is -3.45. The highest BCUT2D eigenvalue weighted by Gasteiger charge is 2.25. The molecule has 31 heavy (non-hydrogen) atoms. The van der Waals surface area contributed by atoms with Crippen LogP contribution in [0.15, 0.2) is 53.4 Å². The number of carbonyl (C=O) groups is 1. The third-order valence-electron chi connectivity index (χ3n) is 5.12. The second-order valence-corrected chi connectivity index (χ2v) is 9.59. The number of nitrogens with one attached hydrogen (secondary N) is 1. The largest absolute Gasteiger partial charge is 0.492 e. The molecule has 0 bridgehead atoms. The third-order valence-corrected chi connectivity index (χ3v) is 7.03. The van der Waals surface area contributed by atoms with Crippen LogP contribution in [0, 0.1) is 6.92 Å². The Morgan fingerprint density at radius 2 is 1.77 bits per heavy atom.